The quantitative estimate of drug-likeness (QED) is 0.758. The molecule has 0 aliphatic heterocycles. The van der Waals surface area contributed by atoms with E-state index in [9.17, 15) is 4.79 Å². The molecule has 4 nitrogen and oxygen atoms in total. The van der Waals surface area contributed by atoms with Crippen LogP contribution in [0, 0.1) is 22.7 Å². The van der Waals surface area contributed by atoms with E-state index in [0.29, 0.717) is 0 Å². The fourth-order valence-electron chi connectivity index (χ4n) is 1.89. The number of methoxy groups -OCH3 is 1. The fourth-order valence-corrected chi connectivity index (χ4v) is 1.89. The van der Waals surface area contributed by atoms with Crippen LogP contribution in [0.3, 0.4) is 0 Å². The number of carbonyl (C=O) groups is 1. The molecule has 0 aromatic rings. The van der Waals surface area contributed by atoms with E-state index in [1.807, 2.05) is 6.07 Å². The standard InChI is InChI=1S/C11H18N2O2/c1-7(6-12)10(14)13-8-5-9(15-4)11(8,2)3/h7-9H,5H2,1-4H3,(H,13,14). The second kappa shape index (κ2) is 4.19. The summed E-state index contributed by atoms with van der Waals surface area (Å²) in [5.41, 5.74) is -0.0421. The SMILES string of the molecule is COC1CC(NC(=O)C(C)C#N)C1(C)C. The zero-order valence-electron chi connectivity index (χ0n) is 9.70. The molecule has 15 heavy (non-hydrogen) atoms. The number of hydrogen-bond donors (Lipinski definition) is 1. The Bertz CT molecular complexity index is 293. The van der Waals surface area contributed by atoms with Crippen LogP contribution in [0.15, 0.2) is 0 Å². The molecular weight excluding hydrogens is 192 g/mol. The summed E-state index contributed by atoms with van der Waals surface area (Å²) >= 11 is 0. The lowest BCUT2D eigenvalue weighted by Crippen LogP contribution is -2.62. The van der Waals surface area contributed by atoms with Gasteiger partial charge < -0.3 is 10.1 Å². The minimum Gasteiger partial charge on any atom is -0.381 e. The van der Waals surface area contributed by atoms with E-state index in [-0.39, 0.29) is 23.5 Å². The summed E-state index contributed by atoms with van der Waals surface area (Å²) in [7, 11) is 1.68. The molecule has 0 heterocycles. The van der Waals surface area contributed by atoms with Crippen molar-refractivity contribution in [2.45, 2.75) is 39.3 Å². The van der Waals surface area contributed by atoms with E-state index in [1.54, 1.807) is 14.0 Å². The monoisotopic (exact) mass is 210 g/mol. The zero-order valence-corrected chi connectivity index (χ0v) is 9.70. The van der Waals surface area contributed by atoms with Crippen molar-refractivity contribution in [3.8, 4) is 6.07 Å². The second-order valence-electron chi connectivity index (χ2n) is 4.69. The average molecular weight is 210 g/mol. The molecule has 0 aromatic heterocycles. The van der Waals surface area contributed by atoms with Crippen LogP contribution >= 0.6 is 0 Å². The number of nitrogens with zero attached hydrogens (tertiary/aromatic N) is 1. The van der Waals surface area contributed by atoms with Crippen LogP contribution in [-0.2, 0) is 9.53 Å². The van der Waals surface area contributed by atoms with Crippen molar-refractivity contribution in [2.24, 2.45) is 11.3 Å². The van der Waals surface area contributed by atoms with Crippen LogP contribution in [0.4, 0.5) is 0 Å². The van der Waals surface area contributed by atoms with Crippen molar-refractivity contribution < 1.29 is 9.53 Å². The first-order valence-corrected chi connectivity index (χ1v) is 5.16. The Labute approximate surface area is 90.6 Å². The summed E-state index contributed by atoms with van der Waals surface area (Å²) in [5, 5.41) is 11.5. The maximum atomic E-state index is 11.5. The van der Waals surface area contributed by atoms with Crippen LogP contribution in [0.2, 0.25) is 0 Å². The lowest BCUT2D eigenvalue weighted by Gasteiger charge is -2.51. The predicted octanol–water partition coefficient (Wildman–Crippen LogP) is 1.08. The van der Waals surface area contributed by atoms with Crippen LogP contribution in [-0.4, -0.2) is 25.2 Å². The van der Waals surface area contributed by atoms with Crippen molar-refractivity contribution in [2.75, 3.05) is 7.11 Å². The Hall–Kier alpha value is -1.08. The lowest BCUT2D eigenvalue weighted by molar-refractivity contribution is -0.134. The van der Waals surface area contributed by atoms with Gasteiger partial charge in [-0.25, -0.2) is 0 Å². The second-order valence-corrected chi connectivity index (χ2v) is 4.69. The van der Waals surface area contributed by atoms with Gasteiger partial charge in [0.25, 0.3) is 0 Å². The topological polar surface area (TPSA) is 62.1 Å². The molecule has 3 atom stereocenters. The molecule has 84 valence electrons. The molecule has 0 aromatic carbocycles. The Morgan fingerprint density at radius 1 is 1.67 bits per heavy atom. The highest BCUT2D eigenvalue weighted by atomic mass is 16.5. The molecule has 1 N–H and O–H groups in total. The van der Waals surface area contributed by atoms with Crippen LogP contribution in [0.25, 0.3) is 0 Å². The van der Waals surface area contributed by atoms with E-state index in [1.165, 1.54) is 0 Å². The molecule has 1 saturated carbocycles. The van der Waals surface area contributed by atoms with Gasteiger partial charge in [-0.15, -0.1) is 0 Å². The van der Waals surface area contributed by atoms with Crippen molar-refractivity contribution in [1.82, 2.24) is 5.32 Å². The minimum atomic E-state index is -0.581. The Balaban J connectivity index is 2.50. The van der Waals surface area contributed by atoms with Gasteiger partial charge in [-0.05, 0) is 13.3 Å². The van der Waals surface area contributed by atoms with Crippen molar-refractivity contribution in [3.63, 3.8) is 0 Å². The smallest absolute Gasteiger partial charge is 0.237 e. The predicted molar refractivity (Wildman–Crippen MR) is 55.9 cm³/mol. The van der Waals surface area contributed by atoms with Gasteiger partial charge in [0.2, 0.25) is 5.91 Å². The van der Waals surface area contributed by atoms with Crippen molar-refractivity contribution in [1.29, 1.82) is 5.26 Å². The largest absolute Gasteiger partial charge is 0.381 e. The maximum absolute atomic E-state index is 11.5. The van der Waals surface area contributed by atoms with Gasteiger partial charge in [0, 0.05) is 18.6 Å². The lowest BCUT2D eigenvalue weighted by atomic mass is 9.64. The van der Waals surface area contributed by atoms with Crippen LogP contribution in [0.1, 0.15) is 27.2 Å². The summed E-state index contributed by atoms with van der Waals surface area (Å²) in [6.07, 6.45) is 1.02. The molecule has 1 amide bonds. The number of nitrogens with one attached hydrogen (secondary N) is 1. The highest BCUT2D eigenvalue weighted by Gasteiger charge is 2.49. The molecule has 1 rings (SSSR count). The van der Waals surface area contributed by atoms with Crippen molar-refractivity contribution in [3.05, 3.63) is 0 Å². The zero-order chi connectivity index (χ0) is 11.6. The molecule has 0 bridgehead atoms. The maximum Gasteiger partial charge on any atom is 0.237 e. The van der Waals surface area contributed by atoms with E-state index in [0.717, 1.165) is 6.42 Å². The number of carbonyl (C=O) groups excluding carboxylic acids is 1. The first-order chi connectivity index (χ1) is 6.93. The van der Waals surface area contributed by atoms with Crippen molar-refractivity contribution >= 4 is 5.91 Å². The minimum absolute atomic E-state index is 0.0421. The van der Waals surface area contributed by atoms with Gasteiger partial charge in [0.05, 0.1) is 12.2 Å². The molecule has 3 unspecified atom stereocenters. The van der Waals surface area contributed by atoms with Gasteiger partial charge in [-0.1, -0.05) is 13.8 Å². The normalized spacial score (nSPS) is 29.8. The molecule has 4 heteroatoms. The van der Waals surface area contributed by atoms with Gasteiger partial charge in [-0.2, -0.15) is 5.26 Å². The highest BCUT2D eigenvalue weighted by molar-refractivity contribution is 5.81. The summed E-state index contributed by atoms with van der Waals surface area (Å²) in [6, 6.07) is 2.04. The Morgan fingerprint density at radius 3 is 2.67 bits per heavy atom. The first kappa shape index (κ1) is 12.0. The Morgan fingerprint density at radius 2 is 2.27 bits per heavy atom. The molecule has 1 aliphatic carbocycles. The molecule has 1 fully saturated rings. The number of ether oxygens (including phenoxy) is 1. The van der Waals surface area contributed by atoms with Gasteiger partial charge in [0.1, 0.15) is 5.92 Å². The third-order valence-corrected chi connectivity index (χ3v) is 3.37. The van der Waals surface area contributed by atoms with E-state index in [4.69, 9.17) is 10.00 Å². The van der Waals surface area contributed by atoms with Gasteiger partial charge in [0.15, 0.2) is 0 Å². The number of nitriles is 1. The van der Waals surface area contributed by atoms with Gasteiger partial charge in [-0.3, -0.25) is 4.79 Å². The van der Waals surface area contributed by atoms with E-state index < -0.39 is 5.92 Å². The molecule has 1 aliphatic rings. The molecule has 0 radical (unpaired) electrons. The Kier molecular flexibility index (Phi) is 3.35. The molecule has 0 spiro atoms. The average Bonchev–Trinajstić information content (AvgIpc) is 2.21. The summed E-state index contributed by atoms with van der Waals surface area (Å²) in [5.74, 6) is -0.771. The fraction of sp³-hybridized carbons (Fsp3) is 0.818. The van der Waals surface area contributed by atoms with E-state index >= 15 is 0 Å². The highest BCUT2D eigenvalue weighted by Crippen LogP contribution is 2.42. The van der Waals surface area contributed by atoms with Crippen LogP contribution < -0.4 is 5.32 Å². The number of hydrogen-bond acceptors (Lipinski definition) is 3. The molecular formula is C11H18N2O2. The third kappa shape index (κ3) is 2.13. The molecule has 0 saturated heterocycles. The summed E-state index contributed by atoms with van der Waals surface area (Å²) in [4.78, 5) is 11.5. The van der Waals surface area contributed by atoms with E-state index in [2.05, 4.69) is 19.2 Å². The summed E-state index contributed by atoms with van der Waals surface area (Å²) < 4.78 is 5.28. The van der Waals surface area contributed by atoms with Gasteiger partial charge >= 0.3 is 0 Å². The number of rotatable bonds is 3. The summed E-state index contributed by atoms with van der Waals surface area (Å²) in [6.45, 7) is 5.73. The first-order valence-electron chi connectivity index (χ1n) is 5.16. The number of amides is 1. The third-order valence-electron chi connectivity index (χ3n) is 3.37. The van der Waals surface area contributed by atoms with Crippen LogP contribution in [0.5, 0.6) is 0 Å².